The van der Waals surface area contributed by atoms with Gasteiger partial charge in [0.15, 0.2) is 0 Å². The number of halogens is 1. The number of hydrogen-bond acceptors (Lipinski definition) is 3. The Hall–Kier alpha value is -1.31. The number of thiophene rings is 1. The van der Waals surface area contributed by atoms with Gasteiger partial charge < -0.3 is 5.32 Å². The SMILES string of the molecule is Cc1cc(C(C)Nc2cccc(Br)c2C#N)c(C)s1. The topological polar surface area (TPSA) is 35.8 Å². The first-order valence-corrected chi connectivity index (χ1v) is 7.66. The molecule has 1 unspecified atom stereocenters. The van der Waals surface area contributed by atoms with E-state index in [1.807, 2.05) is 18.2 Å². The van der Waals surface area contributed by atoms with E-state index >= 15 is 0 Å². The number of nitrogens with zero attached hydrogens (tertiary/aromatic N) is 1. The minimum Gasteiger partial charge on any atom is -0.377 e. The fourth-order valence-corrected chi connectivity index (χ4v) is 3.63. The van der Waals surface area contributed by atoms with Gasteiger partial charge in [-0.15, -0.1) is 11.3 Å². The standard InChI is InChI=1S/C15H15BrN2S/c1-9-7-12(11(3)19-9)10(2)18-15-6-4-5-14(16)13(15)8-17/h4-7,10,18H,1-3H3. The highest BCUT2D eigenvalue weighted by molar-refractivity contribution is 9.10. The molecule has 2 rings (SSSR count). The minimum absolute atomic E-state index is 0.186. The number of rotatable bonds is 3. The molecule has 2 aromatic rings. The van der Waals surface area contributed by atoms with Crippen LogP contribution in [-0.4, -0.2) is 0 Å². The van der Waals surface area contributed by atoms with Crippen LogP contribution in [0.2, 0.25) is 0 Å². The lowest BCUT2D eigenvalue weighted by molar-refractivity contribution is 0.880. The first kappa shape index (κ1) is 14.1. The molecule has 0 radical (unpaired) electrons. The van der Waals surface area contributed by atoms with E-state index in [0.29, 0.717) is 5.56 Å². The van der Waals surface area contributed by atoms with Gasteiger partial charge in [-0.3, -0.25) is 0 Å². The second-order valence-corrected chi connectivity index (χ2v) is 6.82. The van der Waals surface area contributed by atoms with Gasteiger partial charge in [-0.05, 0) is 60.5 Å². The van der Waals surface area contributed by atoms with E-state index in [9.17, 15) is 5.26 Å². The summed E-state index contributed by atoms with van der Waals surface area (Å²) in [4.78, 5) is 2.64. The van der Waals surface area contributed by atoms with Crippen molar-refractivity contribution in [2.75, 3.05) is 5.32 Å². The molecule has 0 bridgehead atoms. The fourth-order valence-electron chi connectivity index (χ4n) is 2.15. The van der Waals surface area contributed by atoms with Crippen LogP contribution in [-0.2, 0) is 0 Å². The highest BCUT2D eigenvalue weighted by Crippen LogP contribution is 2.31. The highest BCUT2D eigenvalue weighted by Gasteiger charge is 2.13. The molecule has 0 fully saturated rings. The summed E-state index contributed by atoms with van der Waals surface area (Å²) in [6, 6.07) is 10.4. The van der Waals surface area contributed by atoms with Gasteiger partial charge in [0.25, 0.3) is 0 Å². The average molecular weight is 335 g/mol. The van der Waals surface area contributed by atoms with Crippen LogP contribution >= 0.6 is 27.3 Å². The summed E-state index contributed by atoms with van der Waals surface area (Å²) >= 11 is 5.22. The zero-order valence-corrected chi connectivity index (χ0v) is 13.5. The Balaban J connectivity index is 2.30. The Morgan fingerprint density at radius 3 is 2.68 bits per heavy atom. The molecule has 19 heavy (non-hydrogen) atoms. The van der Waals surface area contributed by atoms with E-state index < -0.39 is 0 Å². The number of benzene rings is 1. The third kappa shape index (κ3) is 2.99. The third-order valence-electron chi connectivity index (χ3n) is 3.04. The molecule has 0 saturated heterocycles. The van der Waals surface area contributed by atoms with E-state index in [2.05, 4.69) is 54.2 Å². The van der Waals surface area contributed by atoms with Gasteiger partial charge in [-0.2, -0.15) is 5.26 Å². The molecule has 1 aromatic heterocycles. The zero-order valence-electron chi connectivity index (χ0n) is 11.1. The molecule has 1 N–H and O–H groups in total. The van der Waals surface area contributed by atoms with Crippen LogP contribution in [0.5, 0.6) is 0 Å². The molecule has 0 amide bonds. The first-order chi connectivity index (χ1) is 9.02. The number of nitriles is 1. The predicted molar refractivity (Wildman–Crippen MR) is 84.7 cm³/mol. The van der Waals surface area contributed by atoms with Crippen molar-refractivity contribution in [2.24, 2.45) is 0 Å². The Labute approximate surface area is 126 Å². The quantitative estimate of drug-likeness (QED) is 0.840. The van der Waals surface area contributed by atoms with Crippen LogP contribution in [0, 0.1) is 25.2 Å². The summed E-state index contributed by atoms with van der Waals surface area (Å²) < 4.78 is 0.824. The lowest BCUT2D eigenvalue weighted by Gasteiger charge is -2.17. The second-order valence-electron chi connectivity index (χ2n) is 4.51. The number of aryl methyl sites for hydroxylation is 2. The minimum atomic E-state index is 0.186. The Morgan fingerprint density at radius 1 is 1.37 bits per heavy atom. The molecule has 0 saturated carbocycles. The van der Waals surface area contributed by atoms with E-state index in [-0.39, 0.29) is 6.04 Å². The van der Waals surface area contributed by atoms with Crippen LogP contribution in [0.15, 0.2) is 28.7 Å². The second kappa shape index (κ2) is 5.77. The Morgan fingerprint density at radius 2 is 2.11 bits per heavy atom. The molecule has 0 aliphatic rings. The first-order valence-electron chi connectivity index (χ1n) is 6.05. The van der Waals surface area contributed by atoms with Crippen molar-refractivity contribution < 1.29 is 0 Å². The summed E-state index contributed by atoms with van der Waals surface area (Å²) in [6.07, 6.45) is 0. The fraction of sp³-hybridized carbons (Fsp3) is 0.267. The van der Waals surface area contributed by atoms with Crippen LogP contribution in [0.25, 0.3) is 0 Å². The maximum absolute atomic E-state index is 9.22. The number of nitrogens with one attached hydrogen (secondary N) is 1. The molecule has 2 nitrogen and oxygen atoms in total. The molecule has 1 atom stereocenters. The summed E-state index contributed by atoms with van der Waals surface area (Å²) in [5, 5.41) is 12.7. The van der Waals surface area contributed by atoms with Crippen molar-refractivity contribution in [2.45, 2.75) is 26.8 Å². The number of anilines is 1. The average Bonchev–Trinajstić information content (AvgIpc) is 2.69. The smallest absolute Gasteiger partial charge is 0.103 e. The van der Waals surface area contributed by atoms with Gasteiger partial charge in [0.05, 0.1) is 11.3 Å². The van der Waals surface area contributed by atoms with Gasteiger partial charge in [0, 0.05) is 20.3 Å². The Bertz CT molecular complexity index is 640. The maximum atomic E-state index is 9.22. The van der Waals surface area contributed by atoms with Gasteiger partial charge >= 0.3 is 0 Å². The molecular weight excluding hydrogens is 320 g/mol. The maximum Gasteiger partial charge on any atom is 0.103 e. The molecule has 4 heteroatoms. The van der Waals surface area contributed by atoms with Crippen LogP contribution in [0.1, 0.15) is 33.8 Å². The van der Waals surface area contributed by atoms with Crippen molar-refractivity contribution in [1.29, 1.82) is 5.26 Å². The molecule has 0 aliphatic heterocycles. The van der Waals surface area contributed by atoms with Crippen LogP contribution in [0.4, 0.5) is 5.69 Å². The van der Waals surface area contributed by atoms with E-state index in [1.165, 1.54) is 15.3 Å². The van der Waals surface area contributed by atoms with Crippen molar-refractivity contribution >= 4 is 33.0 Å². The van der Waals surface area contributed by atoms with Gasteiger partial charge in [0.1, 0.15) is 6.07 Å². The summed E-state index contributed by atoms with van der Waals surface area (Å²) in [6.45, 7) is 6.38. The van der Waals surface area contributed by atoms with Crippen molar-refractivity contribution in [3.63, 3.8) is 0 Å². The summed E-state index contributed by atoms with van der Waals surface area (Å²) in [5.41, 5.74) is 2.82. The van der Waals surface area contributed by atoms with Crippen molar-refractivity contribution in [1.82, 2.24) is 0 Å². The van der Waals surface area contributed by atoms with Crippen molar-refractivity contribution in [3.8, 4) is 6.07 Å². The van der Waals surface area contributed by atoms with E-state index in [0.717, 1.165) is 10.2 Å². The normalized spacial score (nSPS) is 11.9. The Kier molecular flexibility index (Phi) is 4.28. The van der Waals surface area contributed by atoms with Gasteiger partial charge in [-0.25, -0.2) is 0 Å². The van der Waals surface area contributed by atoms with Gasteiger partial charge in [-0.1, -0.05) is 6.07 Å². The van der Waals surface area contributed by atoms with E-state index in [4.69, 9.17) is 0 Å². The molecule has 1 aromatic carbocycles. The zero-order chi connectivity index (χ0) is 14.0. The summed E-state index contributed by atoms with van der Waals surface area (Å²) in [5.74, 6) is 0. The van der Waals surface area contributed by atoms with Crippen LogP contribution in [0.3, 0.4) is 0 Å². The van der Waals surface area contributed by atoms with Crippen LogP contribution < -0.4 is 5.32 Å². The largest absolute Gasteiger partial charge is 0.377 e. The lowest BCUT2D eigenvalue weighted by Crippen LogP contribution is -2.08. The van der Waals surface area contributed by atoms with Crippen molar-refractivity contribution in [3.05, 3.63) is 49.6 Å². The monoisotopic (exact) mass is 334 g/mol. The lowest BCUT2D eigenvalue weighted by atomic mass is 10.1. The molecular formula is C15H15BrN2S. The summed E-state index contributed by atoms with van der Waals surface area (Å²) in [7, 11) is 0. The third-order valence-corrected chi connectivity index (χ3v) is 4.69. The molecule has 0 aliphatic carbocycles. The molecule has 1 heterocycles. The molecule has 0 spiro atoms. The van der Waals surface area contributed by atoms with Gasteiger partial charge in [0.2, 0.25) is 0 Å². The molecule has 98 valence electrons. The highest BCUT2D eigenvalue weighted by atomic mass is 79.9. The van der Waals surface area contributed by atoms with E-state index in [1.54, 1.807) is 11.3 Å². The predicted octanol–water partition coefficient (Wildman–Crippen LogP) is 5.17. The number of hydrogen-bond donors (Lipinski definition) is 1.